The van der Waals surface area contributed by atoms with E-state index in [1.54, 1.807) is 0 Å². The molecule has 130 valence electrons. The van der Waals surface area contributed by atoms with Gasteiger partial charge in [0.1, 0.15) is 4.83 Å². The Morgan fingerprint density at radius 1 is 1.46 bits per heavy atom. The molecule has 0 bridgehead atoms. The van der Waals surface area contributed by atoms with Crippen LogP contribution in [0.4, 0.5) is 4.79 Å². The van der Waals surface area contributed by atoms with Crippen LogP contribution in [0.1, 0.15) is 30.7 Å². The number of hydrogen-bond donors (Lipinski definition) is 3. The quantitative estimate of drug-likeness (QED) is 0.533. The average molecular weight is 368 g/mol. The van der Waals surface area contributed by atoms with Crippen molar-refractivity contribution in [3.05, 3.63) is 20.8 Å². The first-order valence-electron chi connectivity index (χ1n) is 7.56. The molecule has 2 heterocycles. The lowest BCUT2D eigenvalue weighted by atomic mass is 9.98. The number of aromatic nitrogens is 2. The molecule has 2 aromatic rings. The number of nitrogens with one attached hydrogen (secondary N) is 2. The zero-order valence-electron chi connectivity index (χ0n) is 13.8. The van der Waals surface area contributed by atoms with Crippen molar-refractivity contribution in [3.63, 3.8) is 0 Å². The van der Waals surface area contributed by atoms with Crippen LogP contribution in [-0.4, -0.2) is 27.7 Å². The molecule has 0 radical (unpaired) electrons. The zero-order valence-corrected chi connectivity index (χ0v) is 15.4. The number of primary amides is 1. The van der Waals surface area contributed by atoms with E-state index < -0.39 is 11.9 Å². The van der Waals surface area contributed by atoms with Gasteiger partial charge in [0.15, 0.2) is 5.16 Å². The normalized spacial score (nSPS) is 12.3. The van der Waals surface area contributed by atoms with Crippen LogP contribution in [0.3, 0.4) is 0 Å². The summed E-state index contributed by atoms with van der Waals surface area (Å²) in [5.41, 5.74) is 5.74. The number of aryl methyl sites for hydroxylation is 1. The second-order valence-corrected chi connectivity index (χ2v) is 7.77. The van der Waals surface area contributed by atoms with Gasteiger partial charge in [0.25, 0.3) is 5.56 Å². The highest BCUT2D eigenvalue weighted by molar-refractivity contribution is 7.99. The van der Waals surface area contributed by atoms with Crippen molar-refractivity contribution in [1.82, 2.24) is 15.3 Å². The number of thiophene rings is 1. The van der Waals surface area contributed by atoms with Crippen molar-refractivity contribution in [3.8, 4) is 0 Å². The summed E-state index contributed by atoms with van der Waals surface area (Å²) in [6.07, 6.45) is 1.89. The predicted octanol–water partition coefficient (Wildman–Crippen LogP) is 2.17. The second kappa shape index (κ2) is 7.80. The molecule has 0 spiro atoms. The fraction of sp³-hybridized carbons (Fsp3) is 0.467. The highest BCUT2D eigenvalue weighted by Gasteiger charge is 2.17. The fourth-order valence-corrected chi connectivity index (χ4v) is 4.04. The SMILES string of the molecule is CCC(C)Cc1c(C)sc2nc(SCC(=O)NC(N)=O)[nH]c(=O)c12. The van der Waals surface area contributed by atoms with Crippen LogP contribution < -0.4 is 16.6 Å². The molecule has 0 aromatic carbocycles. The third kappa shape index (κ3) is 4.35. The first-order valence-corrected chi connectivity index (χ1v) is 9.36. The van der Waals surface area contributed by atoms with Crippen LogP contribution in [0.5, 0.6) is 0 Å². The number of nitrogens with zero attached hydrogens (tertiary/aromatic N) is 1. The maximum absolute atomic E-state index is 12.4. The molecule has 3 amide bonds. The van der Waals surface area contributed by atoms with Crippen molar-refractivity contribution in [2.24, 2.45) is 11.7 Å². The molecule has 24 heavy (non-hydrogen) atoms. The summed E-state index contributed by atoms with van der Waals surface area (Å²) in [7, 11) is 0. The molecule has 2 rings (SSSR count). The molecule has 0 saturated heterocycles. The van der Waals surface area contributed by atoms with Crippen LogP contribution in [0, 0.1) is 12.8 Å². The lowest BCUT2D eigenvalue weighted by molar-refractivity contribution is -0.117. The summed E-state index contributed by atoms with van der Waals surface area (Å²) >= 11 is 2.54. The Bertz CT molecular complexity index is 828. The van der Waals surface area contributed by atoms with Gasteiger partial charge in [0.05, 0.1) is 11.1 Å². The smallest absolute Gasteiger partial charge is 0.318 e. The Balaban J connectivity index is 2.26. The number of H-pyrrole nitrogens is 1. The van der Waals surface area contributed by atoms with E-state index in [1.165, 1.54) is 11.3 Å². The van der Waals surface area contributed by atoms with E-state index in [0.717, 1.165) is 35.0 Å². The van der Waals surface area contributed by atoms with Crippen LogP contribution in [0.2, 0.25) is 0 Å². The number of amides is 3. The molecule has 4 N–H and O–H groups in total. The zero-order chi connectivity index (χ0) is 17.9. The summed E-state index contributed by atoms with van der Waals surface area (Å²) in [6, 6.07) is -0.902. The fourth-order valence-electron chi connectivity index (χ4n) is 2.27. The first kappa shape index (κ1) is 18.5. The molecule has 1 unspecified atom stereocenters. The van der Waals surface area contributed by atoms with Crippen molar-refractivity contribution in [2.45, 2.75) is 38.8 Å². The van der Waals surface area contributed by atoms with Gasteiger partial charge >= 0.3 is 6.03 Å². The Labute approximate surface area is 147 Å². The number of rotatable bonds is 6. The number of thioether (sulfide) groups is 1. The Morgan fingerprint density at radius 3 is 2.79 bits per heavy atom. The van der Waals surface area contributed by atoms with Crippen molar-refractivity contribution in [1.29, 1.82) is 0 Å². The van der Waals surface area contributed by atoms with Crippen LogP contribution in [0.25, 0.3) is 10.2 Å². The van der Waals surface area contributed by atoms with Crippen molar-refractivity contribution < 1.29 is 9.59 Å². The Hall–Kier alpha value is -1.87. The predicted molar refractivity (Wildman–Crippen MR) is 96.6 cm³/mol. The summed E-state index contributed by atoms with van der Waals surface area (Å²) in [5, 5.41) is 2.96. The molecule has 9 heteroatoms. The van der Waals surface area contributed by atoms with Gasteiger partial charge in [-0.15, -0.1) is 11.3 Å². The van der Waals surface area contributed by atoms with E-state index >= 15 is 0 Å². The minimum Gasteiger partial charge on any atom is -0.351 e. The maximum atomic E-state index is 12.4. The summed E-state index contributed by atoms with van der Waals surface area (Å²) in [6.45, 7) is 6.28. The van der Waals surface area contributed by atoms with Crippen molar-refractivity contribution in [2.75, 3.05) is 5.75 Å². The second-order valence-electron chi connectivity index (χ2n) is 5.61. The molecular weight excluding hydrogens is 348 g/mol. The molecule has 1 atom stereocenters. The van der Waals surface area contributed by atoms with E-state index in [4.69, 9.17) is 5.73 Å². The van der Waals surface area contributed by atoms with Gasteiger partial charge in [0.2, 0.25) is 5.91 Å². The molecule has 2 aromatic heterocycles. The van der Waals surface area contributed by atoms with E-state index in [2.05, 4.69) is 23.8 Å². The monoisotopic (exact) mass is 368 g/mol. The van der Waals surface area contributed by atoms with E-state index in [0.29, 0.717) is 21.3 Å². The number of imide groups is 1. The largest absolute Gasteiger partial charge is 0.351 e. The highest BCUT2D eigenvalue weighted by Crippen LogP contribution is 2.30. The topological polar surface area (TPSA) is 118 Å². The molecule has 0 aliphatic heterocycles. The minimum absolute atomic E-state index is 0.0541. The van der Waals surface area contributed by atoms with Crippen LogP contribution in [0.15, 0.2) is 9.95 Å². The van der Waals surface area contributed by atoms with Crippen LogP contribution in [-0.2, 0) is 11.2 Å². The molecular formula is C15H20N4O3S2. The maximum Gasteiger partial charge on any atom is 0.318 e. The number of urea groups is 1. The Kier molecular flexibility index (Phi) is 6.00. The number of fused-ring (bicyclic) bond motifs is 1. The summed E-state index contributed by atoms with van der Waals surface area (Å²) in [5.74, 6) is -0.0934. The molecule has 0 aliphatic carbocycles. The first-order chi connectivity index (χ1) is 11.3. The van der Waals surface area contributed by atoms with Gasteiger partial charge < -0.3 is 10.7 Å². The third-order valence-corrected chi connectivity index (χ3v) is 5.61. The summed E-state index contributed by atoms with van der Waals surface area (Å²) < 4.78 is 0. The number of aromatic amines is 1. The minimum atomic E-state index is -0.902. The number of nitrogens with two attached hydrogens (primary N) is 1. The number of carbonyl (C=O) groups is 2. The number of hydrogen-bond acceptors (Lipinski definition) is 6. The van der Waals surface area contributed by atoms with Gasteiger partial charge in [-0.2, -0.15) is 0 Å². The highest BCUT2D eigenvalue weighted by atomic mass is 32.2. The molecule has 0 fully saturated rings. The molecule has 0 saturated carbocycles. The van der Waals surface area contributed by atoms with Crippen molar-refractivity contribution >= 4 is 45.3 Å². The van der Waals surface area contributed by atoms with Gasteiger partial charge in [-0.1, -0.05) is 32.0 Å². The standard InChI is InChI=1S/C15H20N4O3S2/c1-4-7(2)5-9-8(3)24-13-11(9)12(21)18-15(19-13)23-6-10(20)17-14(16)22/h7H,4-6H2,1-3H3,(H,18,19,21)(H3,16,17,20,22). The molecule has 0 aliphatic rings. The average Bonchev–Trinajstić information content (AvgIpc) is 2.80. The third-order valence-electron chi connectivity index (χ3n) is 3.69. The van der Waals surface area contributed by atoms with Gasteiger partial charge in [-0.25, -0.2) is 9.78 Å². The van der Waals surface area contributed by atoms with Gasteiger partial charge in [-0.05, 0) is 24.8 Å². The summed E-state index contributed by atoms with van der Waals surface area (Å²) in [4.78, 5) is 43.4. The lowest BCUT2D eigenvalue weighted by Gasteiger charge is -2.08. The molecule has 7 nitrogen and oxygen atoms in total. The van der Waals surface area contributed by atoms with Crippen LogP contribution >= 0.6 is 23.1 Å². The van der Waals surface area contributed by atoms with E-state index in [1.807, 2.05) is 12.2 Å². The van der Waals surface area contributed by atoms with E-state index in [-0.39, 0.29) is 11.3 Å². The number of carbonyl (C=O) groups excluding carboxylic acids is 2. The van der Waals surface area contributed by atoms with Gasteiger partial charge in [-0.3, -0.25) is 14.9 Å². The van der Waals surface area contributed by atoms with E-state index in [9.17, 15) is 14.4 Å². The lowest BCUT2D eigenvalue weighted by Crippen LogP contribution is -2.36. The van der Waals surface area contributed by atoms with Gasteiger partial charge in [0, 0.05) is 4.88 Å². The Morgan fingerprint density at radius 2 is 2.17 bits per heavy atom.